The Bertz CT molecular complexity index is 329. The Hall–Kier alpha value is -1.01. The molecule has 1 heterocycles. The molecule has 0 radical (unpaired) electrons. The SMILES string of the molecule is COCCCCNc1snc(N)c1OC(C)C. The van der Waals surface area contributed by atoms with Crippen LogP contribution in [0, 0.1) is 0 Å². The molecule has 3 N–H and O–H groups in total. The number of nitrogens with zero attached hydrogens (tertiary/aromatic N) is 1. The Balaban J connectivity index is 2.42. The number of rotatable bonds is 8. The van der Waals surface area contributed by atoms with Crippen molar-refractivity contribution >= 4 is 22.4 Å². The maximum Gasteiger partial charge on any atom is 0.197 e. The molecule has 17 heavy (non-hydrogen) atoms. The molecule has 0 unspecified atom stereocenters. The van der Waals surface area contributed by atoms with Gasteiger partial charge in [0.1, 0.15) is 0 Å². The molecule has 0 atom stereocenters. The van der Waals surface area contributed by atoms with Crippen LogP contribution in [-0.4, -0.2) is 30.7 Å². The lowest BCUT2D eigenvalue weighted by molar-refractivity contribution is 0.193. The molecule has 5 nitrogen and oxygen atoms in total. The molecule has 0 bridgehead atoms. The first-order chi connectivity index (χ1) is 8.15. The average Bonchev–Trinajstić information content (AvgIpc) is 2.60. The minimum atomic E-state index is 0.0998. The number of ether oxygens (including phenoxy) is 2. The number of unbranched alkanes of at least 4 members (excludes halogenated alkanes) is 1. The van der Waals surface area contributed by atoms with Crippen molar-refractivity contribution in [2.45, 2.75) is 32.8 Å². The summed E-state index contributed by atoms with van der Waals surface area (Å²) in [4.78, 5) is 0. The van der Waals surface area contributed by atoms with Gasteiger partial charge in [-0.1, -0.05) is 0 Å². The predicted molar refractivity (Wildman–Crippen MR) is 71.9 cm³/mol. The van der Waals surface area contributed by atoms with E-state index < -0.39 is 0 Å². The minimum absolute atomic E-state index is 0.0998. The van der Waals surface area contributed by atoms with Crippen LogP contribution in [-0.2, 0) is 4.74 Å². The van der Waals surface area contributed by atoms with E-state index in [0.29, 0.717) is 11.6 Å². The first-order valence-corrected chi connectivity index (χ1v) is 6.57. The first-order valence-electron chi connectivity index (χ1n) is 5.79. The van der Waals surface area contributed by atoms with Crippen molar-refractivity contribution < 1.29 is 9.47 Å². The Morgan fingerprint density at radius 2 is 2.18 bits per heavy atom. The van der Waals surface area contributed by atoms with Crippen LogP contribution in [0.1, 0.15) is 26.7 Å². The second-order valence-corrected chi connectivity index (χ2v) is 4.79. The van der Waals surface area contributed by atoms with Crippen molar-refractivity contribution in [3.05, 3.63) is 0 Å². The van der Waals surface area contributed by atoms with Crippen molar-refractivity contribution in [3.8, 4) is 5.75 Å². The zero-order valence-electron chi connectivity index (χ0n) is 10.7. The third-order valence-electron chi connectivity index (χ3n) is 2.09. The van der Waals surface area contributed by atoms with E-state index in [4.69, 9.17) is 15.2 Å². The number of nitrogens with one attached hydrogen (secondary N) is 1. The smallest absolute Gasteiger partial charge is 0.197 e. The van der Waals surface area contributed by atoms with E-state index >= 15 is 0 Å². The van der Waals surface area contributed by atoms with Crippen LogP contribution in [0.15, 0.2) is 0 Å². The Morgan fingerprint density at radius 1 is 1.41 bits per heavy atom. The van der Waals surface area contributed by atoms with Gasteiger partial charge in [-0.3, -0.25) is 0 Å². The summed E-state index contributed by atoms with van der Waals surface area (Å²) in [6, 6.07) is 0. The fourth-order valence-electron chi connectivity index (χ4n) is 1.33. The maximum atomic E-state index is 5.76. The highest BCUT2D eigenvalue weighted by atomic mass is 32.1. The number of nitrogen functional groups attached to an aromatic ring is 1. The summed E-state index contributed by atoms with van der Waals surface area (Å²) < 4.78 is 14.7. The Morgan fingerprint density at radius 3 is 2.82 bits per heavy atom. The summed E-state index contributed by atoms with van der Waals surface area (Å²) in [5, 5.41) is 4.20. The largest absolute Gasteiger partial charge is 0.484 e. The third kappa shape index (κ3) is 4.79. The zero-order chi connectivity index (χ0) is 12.7. The van der Waals surface area contributed by atoms with E-state index in [1.165, 1.54) is 11.5 Å². The summed E-state index contributed by atoms with van der Waals surface area (Å²) in [5.74, 6) is 1.14. The highest BCUT2D eigenvalue weighted by Gasteiger charge is 2.13. The van der Waals surface area contributed by atoms with Gasteiger partial charge in [0.15, 0.2) is 16.6 Å². The van der Waals surface area contributed by atoms with Gasteiger partial charge in [0, 0.05) is 20.3 Å². The van der Waals surface area contributed by atoms with E-state index in [0.717, 1.165) is 31.0 Å². The highest BCUT2D eigenvalue weighted by molar-refractivity contribution is 7.11. The first kappa shape index (κ1) is 14.1. The summed E-state index contributed by atoms with van der Waals surface area (Å²) in [6.45, 7) is 5.61. The lowest BCUT2D eigenvalue weighted by Crippen LogP contribution is -2.09. The van der Waals surface area contributed by atoms with Crippen molar-refractivity contribution in [2.75, 3.05) is 31.3 Å². The molecule has 0 saturated carbocycles. The van der Waals surface area contributed by atoms with Crippen LogP contribution >= 0.6 is 11.5 Å². The van der Waals surface area contributed by atoms with Crippen molar-refractivity contribution in [2.24, 2.45) is 0 Å². The summed E-state index contributed by atoms with van der Waals surface area (Å²) >= 11 is 1.34. The second kappa shape index (κ2) is 7.34. The van der Waals surface area contributed by atoms with Gasteiger partial charge >= 0.3 is 0 Å². The van der Waals surface area contributed by atoms with E-state index in [1.807, 2.05) is 13.8 Å². The number of methoxy groups -OCH3 is 1. The number of nitrogens with two attached hydrogens (primary N) is 1. The molecule has 1 aromatic rings. The molecule has 98 valence electrons. The fraction of sp³-hybridized carbons (Fsp3) is 0.727. The molecule has 0 aliphatic carbocycles. The van der Waals surface area contributed by atoms with Crippen LogP contribution in [0.25, 0.3) is 0 Å². The van der Waals surface area contributed by atoms with Gasteiger partial charge in [-0.25, -0.2) is 0 Å². The molecule has 1 rings (SSSR count). The van der Waals surface area contributed by atoms with Gasteiger partial charge < -0.3 is 20.5 Å². The van der Waals surface area contributed by atoms with Gasteiger partial charge in [0.25, 0.3) is 0 Å². The Labute approximate surface area is 106 Å². The molecular weight excluding hydrogens is 238 g/mol. The molecular formula is C11H21N3O2S. The van der Waals surface area contributed by atoms with Crippen molar-refractivity contribution in [1.82, 2.24) is 4.37 Å². The van der Waals surface area contributed by atoms with E-state index in [9.17, 15) is 0 Å². The van der Waals surface area contributed by atoms with E-state index in [1.54, 1.807) is 7.11 Å². The molecule has 6 heteroatoms. The monoisotopic (exact) mass is 259 g/mol. The van der Waals surface area contributed by atoms with Gasteiger partial charge in [-0.15, -0.1) is 0 Å². The lowest BCUT2D eigenvalue weighted by Gasteiger charge is -2.11. The Kier molecular flexibility index (Phi) is 6.07. The molecule has 0 aliphatic heterocycles. The van der Waals surface area contributed by atoms with Crippen molar-refractivity contribution in [3.63, 3.8) is 0 Å². The third-order valence-corrected chi connectivity index (χ3v) is 2.89. The second-order valence-electron chi connectivity index (χ2n) is 4.02. The molecule has 0 aromatic carbocycles. The predicted octanol–water partition coefficient (Wildman–Crippen LogP) is 2.35. The molecule has 0 aliphatic rings. The van der Waals surface area contributed by atoms with E-state index in [-0.39, 0.29) is 6.10 Å². The molecule has 0 spiro atoms. The minimum Gasteiger partial charge on any atom is -0.484 e. The van der Waals surface area contributed by atoms with Gasteiger partial charge in [0.2, 0.25) is 0 Å². The fourth-order valence-corrected chi connectivity index (χ4v) is 2.00. The molecule has 0 fully saturated rings. The summed E-state index contributed by atoms with van der Waals surface area (Å²) in [5.41, 5.74) is 5.76. The van der Waals surface area contributed by atoms with Gasteiger partial charge in [-0.2, -0.15) is 4.37 Å². The van der Waals surface area contributed by atoms with E-state index in [2.05, 4.69) is 9.69 Å². The van der Waals surface area contributed by atoms with Crippen LogP contribution in [0.3, 0.4) is 0 Å². The van der Waals surface area contributed by atoms with Crippen LogP contribution in [0.4, 0.5) is 10.8 Å². The molecule has 0 saturated heterocycles. The zero-order valence-corrected chi connectivity index (χ0v) is 11.5. The number of hydrogen-bond acceptors (Lipinski definition) is 6. The average molecular weight is 259 g/mol. The lowest BCUT2D eigenvalue weighted by atomic mass is 10.3. The van der Waals surface area contributed by atoms with Crippen LogP contribution in [0.2, 0.25) is 0 Å². The normalized spacial score (nSPS) is 10.8. The number of anilines is 2. The maximum absolute atomic E-state index is 5.76. The highest BCUT2D eigenvalue weighted by Crippen LogP contribution is 2.35. The molecule has 1 aromatic heterocycles. The number of hydrogen-bond donors (Lipinski definition) is 2. The summed E-state index contributed by atoms with van der Waals surface area (Å²) in [6.07, 6.45) is 2.19. The van der Waals surface area contributed by atoms with Gasteiger partial charge in [-0.05, 0) is 38.2 Å². The standard InChI is InChI=1S/C11H21N3O2S/c1-8(2)16-9-10(12)14-17-11(9)13-6-4-5-7-15-3/h8,13H,4-7H2,1-3H3,(H2,12,14). The molecule has 0 amide bonds. The number of aromatic nitrogens is 1. The van der Waals surface area contributed by atoms with Gasteiger partial charge in [0.05, 0.1) is 6.10 Å². The summed E-state index contributed by atoms with van der Waals surface area (Å²) in [7, 11) is 1.71. The van der Waals surface area contributed by atoms with Crippen LogP contribution < -0.4 is 15.8 Å². The van der Waals surface area contributed by atoms with Crippen LogP contribution in [0.5, 0.6) is 5.75 Å². The topological polar surface area (TPSA) is 69.4 Å². The quantitative estimate of drug-likeness (QED) is 0.701. The van der Waals surface area contributed by atoms with Crippen molar-refractivity contribution in [1.29, 1.82) is 0 Å².